The highest BCUT2D eigenvalue weighted by Gasteiger charge is 2.40. The van der Waals surface area contributed by atoms with E-state index in [4.69, 9.17) is 5.73 Å². The van der Waals surface area contributed by atoms with Crippen LogP contribution in [0.3, 0.4) is 0 Å². The van der Waals surface area contributed by atoms with Gasteiger partial charge >= 0.3 is 0 Å². The third kappa shape index (κ3) is 2.47. The molecule has 3 rings (SSSR count). The first-order valence-electron chi connectivity index (χ1n) is 7.09. The van der Waals surface area contributed by atoms with E-state index in [-0.39, 0.29) is 16.6 Å². The zero-order valence-corrected chi connectivity index (χ0v) is 12.8. The third-order valence-electron chi connectivity index (χ3n) is 4.44. The monoisotopic (exact) mass is 312 g/mol. The van der Waals surface area contributed by atoms with E-state index >= 15 is 0 Å². The lowest BCUT2D eigenvalue weighted by Gasteiger charge is -2.24. The van der Waals surface area contributed by atoms with Crippen LogP contribution in [0.1, 0.15) is 23.3 Å². The molecule has 3 N–H and O–H groups in total. The quantitative estimate of drug-likeness (QED) is 0.786. The number of fused-ring (bicyclic) bond motifs is 1. The van der Waals surface area contributed by atoms with Crippen LogP contribution in [0.5, 0.6) is 0 Å². The Bertz CT molecular complexity index is 653. The lowest BCUT2D eigenvalue weighted by atomic mass is 9.94. The Morgan fingerprint density at radius 3 is 2.81 bits per heavy atom. The Morgan fingerprint density at radius 1 is 1.43 bits per heavy atom. The summed E-state index contributed by atoms with van der Waals surface area (Å²) >= 11 is 0. The van der Waals surface area contributed by atoms with Crippen LogP contribution in [0.25, 0.3) is 0 Å². The van der Waals surface area contributed by atoms with Crippen molar-refractivity contribution in [1.82, 2.24) is 14.2 Å². The van der Waals surface area contributed by atoms with Gasteiger partial charge in [0.25, 0.3) is 5.91 Å². The van der Waals surface area contributed by atoms with Crippen LogP contribution in [-0.4, -0.2) is 48.9 Å². The third-order valence-corrected chi connectivity index (χ3v) is 6.23. The van der Waals surface area contributed by atoms with Crippen molar-refractivity contribution in [1.29, 1.82) is 0 Å². The number of primary amides is 1. The molecule has 7 nitrogen and oxygen atoms in total. The molecule has 1 aromatic heterocycles. The summed E-state index contributed by atoms with van der Waals surface area (Å²) in [6, 6.07) is 1.60. The zero-order valence-electron chi connectivity index (χ0n) is 11.9. The molecule has 0 bridgehead atoms. The Kier molecular flexibility index (Phi) is 3.54. The summed E-state index contributed by atoms with van der Waals surface area (Å²) in [5.74, 6) is -0.247. The predicted molar refractivity (Wildman–Crippen MR) is 77.2 cm³/mol. The summed E-state index contributed by atoms with van der Waals surface area (Å²) in [6.45, 7) is 1.99. The molecule has 0 aromatic carbocycles. The van der Waals surface area contributed by atoms with Crippen molar-refractivity contribution in [2.24, 2.45) is 18.7 Å². The SMILES string of the molecule is Cn1cc(S(=O)(=O)N2CC3CCCNC3C2)cc1C(N)=O. The number of nitrogens with zero attached hydrogens (tertiary/aromatic N) is 2. The van der Waals surface area contributed by atoms with E-state index in [1.807, 2.05) is 0 Å². The largest absolute Gasteiger partial charge is 0.364 e. The molecular formula is C13H20N4O3S. The molecule has 1 aromatic rings. The molecule has 2 unspecified atom stereocenters. The molecule has 0 saturated carbocycles. The summed E-state index contributed by atoms with van der Waals surface area (Å²) in [5.41, 5.74) is 5.44. The minimum Gasteiger partial charge on any atom is -0.364 e. The van der Waals surface area contributed by atoms with Gasteiger partial charge in [0.05, 0.1) is 0 Å². The van der Waals surface area contributed by atoms with Crippen molar-refractivity contribution >= 4 is 15.9 Å². The highest BCUT2D eigenvalue weighted by atomic mass is 32.2. The molecule has 8 heteroatoms. The van der Waals surface area contributed by atoms with Crippen molar-refractivity contribution in [3.63, 3.8) is 0 Å². The molecule has 0 aliphatic carbocycles. The Labute approximate surface area is 124 Å². The smallest absolute Gasteiger partial charge is 0.265 e. The van der Waals surface area contributed by atoms with Gasteiger partial charge in [0, 0.05) is 32.4 Å². The zero-order chi connectivity index (χ0) is 15.2. The Hall–Kier alpha value is -1.38. The van der Waals surface area contributed by atoms with Crippen molar-refractivity contribution in [3.05, 3.63) is 18.0 Å². The van der Waals surface area contributed by atoms with Crippen molar-refractivity contribution in [3.8, 4) is 0 Å². The molecule has 2 atom stereocenters. The van der Waals surface area contributed by atoms with Gasteiger partial charge in [-0.15, -0.1) is 0 Å². The molecule has 3 heterocycles. The molecule has 0 spiro atoms. The number of aromatic nitrogens is 1. The maximum Gasteiger partial charge on any atom is 0.265 e. The fraction of sp³-hybridized carbons (Fsp3) is 0.615. The van der Waals surface area contributed by atoms with Gasteiger partial charge in [0.2, 0.25) is 10.0 Å². The van der Waals surface area contributed by atoms with Gasteiger partial charge in [-0.05, 0) is 31.4 Å². The minimum atomic E-state index is -3.57. The van der Waals surface area contributed by atoms with E-state index in [2.05, 4.69) is 5.32 Å². The van der Waals surface area contributed by atoms with Gasteiger partial charge in [0.15, 0.2) is 0 Å². The summed E-state index contributed by atoms with van der Waals surface area (Å²) in [7, 11) is -1.95. The van der Waals surface area contributed by atoms with Crippen LogP contribution in [0, 0.1) is 5.92 Å². The molecule has 116 valence electrons. The minimum absolute atomic E-state index is 0.137. The first kappa shape index (κ1) is 14.6. The van der Waals surface area contributed by atoms with E-state index < -0.39 is 15.9 Å². The second kappa shape index (κ2) is 5.11. The number of aryl methyl sites for hydroxylation is 1. The van der Waals surface area contributed by atoms with Crippen LogP contribution in [0.4, 0.5) is 0 Å². The molecule has 2 saturated heterocycles. The fourth-order valence-electron chi connectivity index (χ4n) is 3.27. The van der Waals surface area contributed by atoms with Gasteiger partial charge in [-0.25, -0.2) is 8.42 Å². The summed E-state index contributed by atoms with van der Waals surface area (Å²) in [4.78, 5) is 11.4. The average molecular weight is 312 g/mol. The number of carbonyl (C=O) groups excluding carboxylic acids is 1. The van der Waals surface area contributed by atoms with Crippen LogP contribution in [0.15, 0.2) is 17.2 Å². The van der Waals surface area contributed by atoms with Gasteiger partial charge in [-0.2, -0.15) is 4.31 Å². The highest BCUT2D eigenvalue weighted by molar-refractivity contribution is 7.89. The van der Waals surface area contributed by atoms with Crippen molar-refractivity contribution in [2.45, 2.75) is 23.8 Å². The van der Waals surface area contributed by atoms with Gasteiger partial charge in [-0.3, -0.25) is 4.79 Å². The van der Waals surface area contributed by atoms with Crippen molar-refractivity contribution < 1.29 is 13.2 Å². The number of carbonyl (C=O) groups is 1. The second-order valence-corrected chi connectivity index (χ2v) is 7.76. The van der Waals surface area contributed by atoms with Gasteiger partial charge < -0.3 is 15.6 Å². The average Bonchev–Trinajstić information content (AvgIpc) is 3.02. The van der Waals surface area contributed by atoms with E-state index in [0.29, 0.717) is 19.0 Å². The molecule has 2 aliphatic rings. The Morgan fingerprint density at radius 2 is 2.19 bits per heavy atom. The lowest BCUT2D eigenvalue weighted by Crippen LogP contribution is -2.41. The van der Waals surface area contributed by atoms with E-state index in [1.165, 1.54) is 21.1 Å². The van der Waals surface area contributed by atoms with Crippen LogP contribution >= 0.6 is 0 Å². The maximum atomic E-state index is 12.7. The van der Waals surface area contributed by atoms with Crippen LogP contribution in [0.2, 0.25) is 0 Å². The maximum absolute atomic E-state index is 12.7. The van der Waals surface area contributed by atoms with Gasteiger partial charge in [0.1, 0.15) is 10.6 Å². The number of amides is 1. The molecule has 2 aliphatic heterocycles. The number of rotatable bonds is 3. The van der Waals surface area contributed by atoms with E-state index in [1.54, 1.807) is 7.05 Å². The molecule has 21 heavy (non-hydrogen) atoms. The first-order chi connectivity index (χ1) is 9.89. The second-order valence-electron chi connectivity index (χ2n) is 5.82. The molecule has 2 fully saturated rings. The first-order valence-corrected chi connectivity index (χ1v) is 8.53. The van der Waals surface area contributed by atoms with E-state index in [0.717, 1.165) is 19.4 Å². The number of hydrogen-bond acceptors (Lipinski definition) is 4. The fourth-order valence-corrected chi connectivity index (χ4v) is 4.87. The van der Waals surface area contributed by atoms with Crippen molar-refractivity contribution in [2.75, 3.05) is 19.6 Å². The Balaban J connectivity index is 1.87. The lowest BCUT2D eigenvalue weighted by molar-refractivity contribution is 0.0992. The highest BCUT2D eigenvalue weighted by Crippen LogP contribution is 2.29. The van der Waals surface area contributed by atoms with Crippen LogP contribution < -0.4 is 11.1 Å². The van der Waals surface area contributed by atoms with Crippen LogP contribution in [-0.2, 0) is 17.1 Å². The molecular weight excluding hydrogens is 292 g/mol. The number of piperidine rings is 1. The number of nitrogens with one attached hydrogen (secondary N) is 1. The standard InChI is InChI=1S/C13H20N4O3S/c1-16-7-10(5-12(16)13(14)18)21(19,20)17-6-9-3-2-4-15-11(9)8-17/h5,7,9,11,15H,2-4,6,8H2,1H3,(H2,14,18). The summed E-state index contributed by atoms with van der Waals surface area (Å²) in [5, 5.41) is 3.38. The molecule has 1 amide bonds. The summed E-state index contributed by atoms with van der Waals surface area (Å²) in [6.07, 6.45) is 3.60. The molecule has 0 radical (unpaired) electrons. The number of hydrogen-bond donors (Lipinski definition) is 2. The van der Waals surface area contributed by atoms with E-state index in [9.17, 15) is 13.2 Å². The number of nitrogens with two attached hydrogens (primary N) is 1. The number of sulfonamides is 1. The summed E-state index contributed by atoms with van der Waals surface area (Å²) < 4.78 is 28.4. The normalized spacial score (nSPS) is 26.7. The van der Waals surface area contributed by atoms with Gasteiger partial charge in [-0.1, -0.05) is 0 Å². The topological polar surface area (TPSA) is 97.4 Å². The predicted octanol–water partition coefficient (Wildman–Crippen LogP) is -0.503.